The lowest BCUT2D eigenvalue weighted by molar-refractivity contribution is -0.144. The van der Waals surface area contributed by atoms with Crippen LogP contribution in [0.3, 0.4) is 0 Å². The molecule has 0 radical (unpaired) electrons. The summed E-state index contributed by atoms with van der Waals surface area (Å²) in [6, 6.07) is 7.20. The van der Waals surface area contributed by atoms with E-state index in [0.29, 0.717) is 12.5 Å². The molecular formula is C15H23NO3. The molecule has 4 nitrogen and oxygen atoms in total. The zero-order valence-corrected chi connectivity index (χ0v) is 12.1. The van der Waals surface area contributed by atoms with E-state index in [1.165, 1.54) is 0 Å². The molecule has 0 fully saturated rings. The van der Waals surface area contributed by atoms with Crippen molar-refractivity contribution in [3.05, 3.63) is 24.3 Å². The van der Waals surface area contributed by atoms with Crippen molar-refractivity contribution in [1.29, 1.82) is 0 Å². The number of anilines is 1. The monoisotopic (exact) mass is 265 g/mol. The maximum absolute atomic E-state index is 11.9. The van der Waals surface area contributed by atoms with E-state index in [0.717, 1.165) is 17.9 Å². The van der Waals surface area contributed by atoms with Crippen LogP contribution in [-0.2, 0) is 9.53 Å². The summed E-state index contributed by atoms with van der Waals surface area (Å²) >= 11 is 0. The Morgan fingerprint density at radius 2 is 1.89 bits per heavy atom. The van der Waals surface area contributed by atoms with Crippen LogP contribution in [-0.4, -0.2) is 25.7 Å². The van der Waals surface area contributed by atoms with Crippen molar-refractivity contribution in [3.63, 3.8) is 0 Å². The number of methoxy groups -OCH3 is 1. The highest BCUT2D eigenvalue weighted by atomic mass is 16.5. The highest BCUT2D eigenvalue weighted by Gasteiger charge is 2.20. The van der Waals surface area contributed by atoms with Crippen LogP contribution in [0.15, 0.2) is 24.3 Å². The molecule has 0 aromatic heterocycles. The number of carbonyl (C=O) groups is 1. The smallest absolute Gasteiger partial charge is 0.328 e. The largest absolute Gasteiger partial charge is 0.497 e. The number of ether oxygens (including phenoxy) is 2. The quantitative estimate of drug-likeness (QED) is 0.770. The number of hydrogen-bond donors (Lipinski definition) is 1. The molecular weight excluding hydrogens is 242 g/mol. The van der Waals surface area contributed by atoms with Crippen molar-refractivity contribution in [2.45, 2.75) is 33.2 Å². The first-order valence-electron chi connectivity index (χ1n) is 6.64. The lowest BCUT2D eigenvalue weighted by Gasteiger charge is -2.20. The Morgan fingerprint density at radius 3 is 2.37 bits per heavy atom. The van der Waals surface area contributed by atoms with Crippen LogP contribution in [0.25, 0.3) is 0 Å². The average molecular weight is 265 g/mol. The summed E-state index contributed by atoms with van der Waals surface area (Å²) in [5, 5.41) is 3.22. The van der Waals surface area contributed by atoms with Crippen LogP contribution in [0.4, 0.5) is 5.69 Å². The summed E-state index contributed by atoms with van der Waals surface area (Å²) in [4.78, 5) is 11.9. The fourth-order valence-electron chi connectivity index (χ4n) is 1.82. The Kier molecular flexibility index (Phi) is 6.19. The predicted molar refractivity (Wildman–Crippen MR) is 76.5 cm³/mol. The number of benzene rings is 1. The Bertz CT molecular complexity index is 387. The van der Waals surface area contributed by atoms with Gasteiger partial charge in [-0.1, -0.05) is 13.8 Å². The minimum atomic E-state index is -0.312. The van der Waals surface area contributed by atoms with Gasteiger partial charge in [-0.2, -0.15) is 0 Å². The van der Waals surface area contributed by atoms with Gasteiger partial charge in [-0.05, 0) is 43.5 Å². The third kappa shape index (κ3) is 5.20. The Morgan fingerprint density at radius 1 is 1.26 bits per heavy atom. The first kappa shape index (κ1) is 15.3. The van der Waals surface area contributed by atoms with Gasteiger partial charge in [-0.3, -0.25) is 0 Å². The summed E-state index contributed by atoms with van der Waals surface area (Å²) in [5.41, 5.74) is 0.888. The second-order valence-corrected chi connectivity index (χ2v) is 4.81. The van der Waals surface area contributed by atoms with Gasteiger partial charge in [-0.25, -0.2) is 4.79 Å². The molecule has 1 aromatic carbocycles. The van der Waals surface area contributed by atoms with Gasteiger partial charge >= 0.3 is 5.97 Å². The van der Waals surface area contributed by atoms with Gasteiger partial charge in [0, 0.05) is 5.69 Å². The number of esters is 1. The van der Waals surface area contributed by atoms with Gasteiger partial charge in [0.05, 0.1) is 13.7 Å². The minimum absolute atomic E-state index is 0.202. The van der Waals surface area contributed by atoms with Gasteiger partial charge < -0.3 is 14.8 Å². The molecule has 19 heavy (non-hydrogen) atoms. The second kappa shape index (κ2) is 7.67. The van der Waals surface area contributed by atoms with Crippen molar-refractivity contribution in [2.24, 2.45) is 5.92 Å². The molecule has 0 aliphatic carbocycles. The molecule has 0 bridgehead atoms. The third-order valence-corrected chi connectivity index (χ3v) is 2.71. The van der Waals surface area contributed by atoms with Crippen LogP contribution in [0.2, 0.25) is 0 Å². The summed E-state index contributed by atoms with van der Waals surface area (Å²) in [5.74, 6) is 1.01. The lowest BCUT2D eigenvalue weighted by atomic mass is 10.0. The molecule has 0 heterocycles. The third-order valence-electron chi connectivity index (χ3n) is 2.71. The normalized spacial score (nSPS) is 12.1. The maximum Gasteiger partial charge on any atom is 0.328 e. The van der Waals surface area contributed by atoms with Crippen LogP contribution in [0.5, 0.6) is 5.75 Å². The van der Waals surface area contributed by atoms with Crippen molar-refractivity contribution in [1.82, 2.24) is 0 Å². The molecule has 1 N–H and O–H groups in total. The van der Waals surface area contributed by atoms with Crippen molar-refractivity contribution in [2.75, 3.05) is 19.0 Å². The van der Waals surface area contributed by atoms with E-state index in [9.17, 15) is 4.79 Å². The Hall–Kier alpha value is -1.71. The van der Waals surface area contributed by atoms with Crippen LogP contribution in [0.1, 0.15) is 27.2 Å². The molecule has 0 spiro atoms. The zero-order chi connectivity index (χ0) is 14.3. The van der Waals surface area contributed by atoms with E-state index < -0.39 is 0 Å². The van der Waals surface area contributed by atoms with Gasteiger partial charge in [0.1, 0.15) is 11.8 Å². The van der Waals surface area contributed by atoms with E-state index in [4.69, 9.17) is 9.47 Å². The summed E-state index contributed by atoms with van der Waals surface area (Å²) in [6.07, 6.45) is 0.741. The van der Waals surface area contributed by atoms with Gasteiger partial charge in [0.2, 0.25) is 0 Å². The summed E-state index contributed by atoms with van der Waals surface area (Å²) in [6.45, 7) is 6.39. The fourth-order valence-corrected chi connectivity index (χ4v) is 1.82. The number of carbonyl (C=O) groups excluding carboxylic acids is 1. The van der Waals surface area contributed by atoms with Crippen molar-refractivity contribution < 1.29 is 14.3 Å². The number of rotatable bonds is 7. The molecule has 106 valence electrons. The van der Waals surface area contributed by atoms with E-state index in [2.05, 4.69) is 19.2 Å². The summed E-state index contributed by atoms with van der Waals surface area (Å²) < 4.78 is 10.2. The van der Waals surface area contributed by atoms with Crippen molar-refractivity contribution in [3.8, 4) is 5.75 Å². The first-order chi connectivity index (χ1) is 9.06. The fraction of sp³-hybridized carbons (Fsp3) is 0.533. The highest BCUT2D eigenvalue weighted by molar-refractivity contribution is 5.79. The SMILES string of the molecule is CCOC(=O)C(CC(C)C)Nc1ccc(OC)cc1. The molecule has 1 atom stereocenters. The Balaban J connectivity index is 2.72. The molecule has 0 aliphatic rings. The second-order valence-electron chi connectivity index (χ2n) is 4.81. The van der Waals surface area contributed by atoms with Gasteiger partial charge in [-0.15, -0.1) is 0 Å². The van der Waals surface area contributed by atoms with Crippen LogP contribution in [0, 0.1) is 5.92 Å². The molecule has 1 aromatic rings. The standard InChI is InChI=1S/C15H23NO3/c1-5-19-15(17)14(10-11(2)3)16-12-6-8-13(18-4)9-7-12/h6-9,11,14,16H,5,10H2,1-4H3. The topological polar surface area (TPSA) is 47.6 Å². The molecule has 0 saturated heterocycles. The summed E-state index contributed by atoms with van der Waals surface area (Å²) in [7, 11) is 1.63. The maximum atomic E-state index is 11.9. The Labute approximate surface area is 115 Å². The highest BCUT2D eigenvalue weighted by Crippen LogP contribution is 2.18. The zero-order valence-electron chi connectivity index (χ0n) is 12.1. The molecule has 0 aliphatic heterocycles. The molecule has 0 amide bonds. The molecule has 1 unspecified atom stereocenters. The van der Waals surface area contributed by atoms with E-state index in [-0.39, 0.29) is 12.0 Å². The van der Waals surface area contributed by atoms with E-state index in [1.54, 1.807) is 7.11 Å². The lowest BCUT2D eigenvalue weighted by Crippen LogP contribution is -2.32. The molecule has 1 rings (SSSR count). The van der Waals surface area contributed by atoms with Gasteiger partial charge in [0.15, 0.2) is 0 Å². The first-order valence-corrected chi connectivity index (χ1v) is 6.64. The van der Waals surface area contributed by atoms with Gasteiger partial charge in [0.25, 0.3) is 0 Å². The predicted octanol–water partition coefficient (Wildman–Crippen LogP) is 3.08. The van der Waals surface area contributed by atoms with Crippen molar-refractivity contribution >= 4 is 11.7 Å². The molecule has 4 heteroatoms. The van der Waals surface area contributed by atoms with E-state index in [1.807, 2.05) is 31.2 Å². The van der Waals surface area contributed by atoms with Crippen LogP contribution < -0.4 is 10.1 Å². The number of nitrogens with one attached hydrogen (secondary N) is 1. The molecule has 0 saturated carbocycles. The minimum Gasteiger partial charge on any atom is -0.497 e. The van der Waals surface area contributed by atoms with Crippen LogP contribution >= 0.6 is 0 Å². The number of hydrogen-bond acceptors (Lipinski definition) is 4. The van der Waals surface area contributed by atoms with E-state index >= 15 is 0 Å². The average Bonchev–Trinajstić information content (AvgIpc) is 2.38.